The highest BCUT2D eigenvalue weighted by atomic mass is 32.2. The number of aliphatic carboxylic acids is 1. The lowest BCUT2D eigenvalue weighted by Gasteiger charge is -2.13. The van der Waals surface area contributed by atoms with Crippen LogP contribution < -0.4 is 10.6 Å². The van der Waals surface area contributed by atoms with Gasteiger partial charge in [-0.25, -0.2) is 8.42 Å². The second-order valence-corrected chi connectivity index (χ2v) is 7.13. The summed E-state index contributed by atoms with van der Waals surface area (Å²) in [6.45, 7) is -0.305. The molecular formula is C14H19N3O6S. The molecule has 0 bridgehead atoms. The molecule has 0 atom stereocenters. The molecule has 10 heteroatoms. The summed E-state index contributed by atoms with van der Waals surface area (Å²) in [7, 11) is -2.15. The number of amides is 2. The van der Waals surface area contributed by atoms with E-state index in [1.165, 1.54) is 31.3 Å². The van der Waals surface area contributed by atoms with Crippen LogP contribution in [0.5, 0.6) is 0 Å². The Labute approximate surface area is 139 Å². The van der Waals surface area contributed by atoms with Gasteiger partial charge in [-0.2, -0.15) is 4.31 Å². The maximum atomic E-state index is 11.8. The van der Waals surface area contributed by atoms with Crippen LogP contribution in [0.2, 0.25) is 0 Å². The van der Waals surface area contributed by atoms with E-state index >= 15 is 0 Å². The van der Waals surface area contributed by atoms with Crippen LogP contribution in [0.4, 0.5) is 5.69 Å². The van der Waals surface area contributed by atoms with Crippen LogP contribution in [-0.4, -0.2) is 62.0 Å². The normalized spacial score (nSPS) is 11.1. The van der Waals surface area contributed by atoms with E-state index in [1.807, 2.05) is 0 Å². The third-order valence-corrected chi connectivity index (χ3v) is 4.25. The van der Waals surface area contributed by atoms with E-state index in [2.05, 4.69) is 10.6 Å². The van der Waals surface area contributed by atoms with E-state index in [0.717, 1.165) is 10.6 Å². The van der Waals surface area contributed by atoms with Crippen LogP contribution in [0.3, 0.4) is 0 Å². The average molecular weight is 357 g/mol. The highest BCUT2D eigenvalue weighted by Gasteiger charge is 2.15. The summed E-state index contributed by atoms with van der Waals surface area (Å²) in [5.74, 6) is -1.94. The van der Waals surface area contributed by atoms with Gasteiger partial charge in [0.1, 0.15) is 0 Å². The molecule has 9 nitrogen and oxygen atoms in total. The standard InChI is InChI=1S/C14H19N3O6S/c1-17(24(2,22)23)9-12(18)16-11-5-3-10(4-6-11)14(21)15-8-7-13(19)20/h3-6H,7-9H2,1-2H3,(H,15,21)(H,16,18)(H,19,20). The van der Waals surface area contributed by atoms with Crippen LogP contribution in [0.15, 0.2) is 24.3 Å². The zero-order chi connectivity index (χ0) is 18.3. The number of hydrogen-bond acceptors (Lipinski definition) is 5. The quantitative estimate of drug-likeness (QED) is 0.586. The lowest BCUT2D eigenvalue weighted by molar-refractivity contribution is -0.136. The maximum absolute atomic E-state index is 11.8. The first-order chi connectivity index (χ1) is 11.1. The number of carboxylic acid groups (broad SMARTS) is 1. The van der Waals surface area contributed by atoms with Crippen molar-refractivity contribution in [2.24, 2.45) is 0 Å². The van der Waals surface area contributed by atoms with Crippen LogP contribution in [-0.2, 0) is 19.6 Å². The molecule has 0 saturated carbocycles. The molecule has 0 aromatic heterocycles. The first-order valence-electron chi connectivity index (χ1n) is 6.91. The predicted molar refractivity (Wildman–Crippen MR) is 87.1 cm³/mol. The van der Waals surface area contributed by atoms with Gasteiger partial charge in [0, 0.05) is 24.8 Å². The van der Waals surface area contributed by atoms with Gasteiger partial charge in [0.25, 0.3) is 5.91 Å². The van der Waals surface area contributed by atoms with Crippen LogP contribution in [0.1, 0.15) is 16.8 Å². The van der Waals surface area contributed by atoms with Crippen LogP contribution in [0.25, 0.3) is 0 Å². The molecule has 1 aromatic carbocycles. The Kier molecular flexibility index (Phi) is 6.86. The molecular weight excluding hydrogens is 338 g/mol. The monoisotopic (exact) mass is 357 g/mol. The molecule has 132 valence electrons. The highest BCUT2D eigenvalue weighted by molar-refractivity contribution is 7.88. The van der Waals surface area contributed by atoms with Crippen LogP contribution in [0, 0.1) is 0 Å². The smallest absolute Gasteiger partial charge is 0.305 e. The Balaban J connectivity index is 2.56. The number of carbonyl (C=O) groups is 3. The van der Waals surface area contributed by atoms with Crippen molar-refractivity contribution >= 4 is 33.5 Å². The summed E-state index contributed by atoms with van der Waals surface area (Å²) >= 11 is 0. The number of hydrogen-bond donors (Lipinski definition) is 3. The minimum absolute atomic E-state index is 0.0183. The summed E-state index contributed by atoms with van der Waals surface area (Å²) < 4.78 is 23.4. The van der Waals surface area contributed by atoms with Crippen molar-refractivity contribution in [3.8, 4) is 0 Å². The zero-order valence-corrected chi connectivity index (χ0v) is 14.1. The van der Waals surface area contributed by atoms with Crippen molar-refractivity contribution in [2.75, 3.05) is 31.7 Å². The average Bonchev–Trinajstić information content (AvgIpc) is 2.46. The first-order valence-corrected chi connectivity index (χ1v) is 8.75. The number of carbonyl (C=O) groups excluding carboxylic acids is 2. The summed E-state index contributed by atoms with van der Waals surface area (Å²) in [5, 5.41) is 13.5. The van der Waals surface area contributed by atoms with Gasteiger partial charge in [-0.05, 0) is 24.3 Å². The number of rotatable bonds is 8. The third-order valence-electron chi connectivity index (χ3n) is 2.99. The Bertz CT molecular complexity index is 715. The molecule has 0 aliphatic rings. The minimum Gasteiger partial charge on any atom is -0.481 e. The van der Waals surface area contributed by atoms with E-state index in [-0.39, 0.29) is 19.5 Å². The van der Waals surface area contributed by atoms with Gasteiger partial charge in [-0.1, -0.05) is 0 Å². The van der Waals surface area contributed by atoms with E-state index in [0.29, 0.717) is 11.3 Å². The molecule has 3 N–H and O–H groups in total. The molecule has 1 aromatic rings. The number of carboxylic acids is 1. The lowest BCUT2D eigenvalue weighted by Crippen LogP contribution is -2.34. The fourth-order valence-corrected chi connectivity index (χ4v) is 1.96. The van der Waals surface area contributed by atoms with Crippen molar-refractivity contribution in [3.05, 3.63) is 29.8 Å². The summed E-state index contributed by atoms with van der Waals surface area (Å²) in [4.78, 5) is 33.9. The van der Waals surface area contributed by atoms with Crippen molar-refractivity contribution in [2.45, 2.75) is 6.42 Å². The summed E-state index contributed by atoms with van der Waals surface area (Å²) in [6, 6.07) is 5.91. The van der Waals surface area contributed by atoms with Gasteiger partial charge in [0.15, 0.2) is 0 Å². The molecule has 0 heterocycles. The SMILES string of the molecule is CN(CC(=O)Nc1ccc(C(=O)NCCC(=O)O)cc1)S(C)(=O)=O. The molecule has 0 fully saturated rings. The fourth-order valence-electron chi connectivity index (χ4n) is 1.61. The number of benzene rings is 1. The third kappa shape index (κ3) is 6.75. The Hall–Kier alpha value is -2.46. The van der Waals surface area contributed by atoms with Gasteiger partial charge in [-0.3, -0.25) is 14.4 Å². The van der Waals surface area contributed by atoms with Gasteiger partial charge in [-0.15, -0.1) is 0 Å². The molecule has 0 unspecified atom stereocenters. The number of sulfonamides is 1. The van der Waals surface area contributed by atoms with Gasteiger partial charge in [0.05, 0.1) is 19.2 Å². The van der Waals surface area contributed by atoms with Crippen molar-refractivity contribution in [3.63, 3.8) is 0 Å². The van der Waals surface area contributed by atoms with E-state index < -0.39 is 27.8 Å². The van der Waals surface area contributed by atoms with E-state index in [4.69, 9.17) is 5.11 Å². The topological polar surface area (TPSA) is 133 Å². The zero-order valence-electron chi connectivity index (χ0n) is 13.3. The summed E-state index contributed by atoms with van der Waals surface area (Å²) in [5.41, 5.74) is 0.718. The highest BCUT2D eigenvalue weighted by Crippen LogP contribution is 2.10. The Morgan fingerprint density at radius 1 is 1.17 bits per heavy atom. The molecule has 0 aliphatic carbocycles. The van der Waals surface area contributed by atoms with Gasteiger partial charge < -0.3 is 15.7 Å². The predicted octanol–water partition coefficient (Wildman–Crippen LogP) is -0.279. The summed E-state index contributed by atoms with van der Waals surface area (Å²) in [6.07, 6.45) is 0.825. The number of nitrogens with one attached hydrogen (secondary N) is 2. The van der Waals surface area contributed by atoms with Gasteiger partial charge in [0.2, 0.25) is 15.9 Å². The van der Waals surface area contributed by atoms with E-state index in [9.17, 15) is 22.8 Å². The molecule has 1 rings (SSSR count). The molecule has 0 radical (unpaired) electrons. The minimum atomic E-state index is -3.45. The molecule has 0 aliphatic heterocycles. The Morgan fingerprint density at radius 3 is 2.25 bits per heavy atom. The van der Waals surface area contributed by atoms with Crippen molar-refractivity contribution in [1.82, 2.24) is 9.62 Å². The second kappa shape index (κ2) is 8.41. The lowest BCUT2D eigenvalue weighted by atomic mass is 10.2. The number of nitrogens with zero attached hydrogens (tertiary/aromatic N) is 1. The second-order valence-electron chi connectivity index (χ2n) is 5.04. The fraction of sp³-hybridized carbons (Fsp3) is 0.357. The first kappa shape index (κ1) is 19.6. The molecule has 2 amide bonds. The number of likely N-dealkylation sites (N-methyl/N-ethyl adjacent to an activating group) is 1. The van der Waals surface area contributed by atoms with Gasteiger partial charge >= 0.3 is 5.97 Å². The Morgan fingerprint density at radius 2 is 1.75 bits per heavy atom. The largest absolute Gasteiger partial charge is 0.481 e. The molecule has 24 heavy (non-hydrogen) atoms. The maximum Gasteiger partial charge on any atom is 0.305 e. The van der Waals surface area contributed by atoms with Crippen molar-refractivity contribution < 1.29 is 27.9 Å². The van der Waals surface area contributed by atoms with Crippen molar-refractivity contribution in [1.29, 1.82) is 0 Å². The molecule has 0 saturated heterocycles. The van der Waals surface area contributed by atoms with E-state index in [1.54, 1.807) is 0 Å². The van der Waals surface area contributed by atoms with Crippen LogP contribution >= 0.6 is 0 Å². The number of anilines is 1. The molecule has 0 spiro atoms.